The Morgan fingerprint density at radius 2 is 2.07 bits per heavy atom. The Kier molecular flexibility index (Phi) is 6.53. The van der Waals surface area contributed by atoms with Crippen LogP contribution in [0.2, 0.25) is 5.02 Å². The summed E-state index contributed by atoms with van der Waals surface area (Å²) in [5.74, 6) is 1.52. The molecule has 0 aliphatic rings. The molecule has 5 nitrogen and oxygen atoms in total. The summed E-state index contributed by atoms with van der Waals surface area (Å²) in [6, 6.07) is 11.2. The number of thiazole rings is 1. The lowest BCUT2D eigenvalue weighted by atomic mass is 10.2. The summed E-state index contributed by atoms with van der Waals surface area (Å²) in [5.41, 5.74) is 1.83. The number of fused-ring (bicyclic) bond motifs is 1. The summed E-state index contributed by atoms with van der Waals surface area (Å²) in [6.07, 6.45) is 0.986. The number of carbonyl (C=O) groups excluding carboxylic acids is 1. The van der Waals surface area contributed by atoms with Crippen molar-refractivity contribution >= 4 is 44.2 Å². The van der Waals surface area contributed by atoms with Gasteiger partial charge in [0.25, 0.3) is 0 Å². The number of anilines is 1. The molecule has 0 aliphatic heterocycles. The van der Waals surface area contributed by atoms with E-state index in [0.717, 1.165) is 27.3 Å². The lowest BCUT2D eigenvalue weighted by molar-refractivity contribution is -0.116. The lowest BCUT2D eigenvalue weighted by Crippen LogP contribution is -2.12. The number of nitrogens with one attached hydrogen (secondary N) is 1. The van der Waals surface area contributed by atoms with Crippen LogP contribution >= 0.6 is 22.9 Å². The molecular formula is C20H21ClN2O3S. The van der Waals surface area contributed by atoms with Crippen molar-refractivity contribution < 1.29 is 14.3 Å². The Bertz CT molecular complexity index is 942. The number of aromatic nitrogens is 1. The second-order valence-corrected chi connectivity index (χ2v) is 7.46. The molecule has 0 unspecified atom stereocenters. The van der Waals surface area contributed by atoms with Crippen LogP contribution in [0.5, 0.6) is 11.5 Å². The summed E-state index contributed by atoms with van der Waals surface area (Å²) in [7, 11) is 0. The fourth-order valence-corrected chi connectivity index (χ4v) is 3.72. The van der Waals surface area contributed by atoms with Gasteiger partial charge in [-0.2, -0.15) is 0 Å². The van der Waals surface area contributed by atoms with Crippen LogP contribution in [0.4, 0.5) is 5.13 Å². The number of amides is 1. The molecule has 0 fully saturated rings. The van der Waals surface area contributed by atoms with Crippen LogP contribution < -0.4 is 14.8 Å². The van der Waals surface area contributed by atoms with E-state index in [1.807, 2.05) is 44.2 Å². The van der Waals surface area contributed by atoms with Gasteiger partial charge in [0.1, 0.15) is 11.5 Å². The minimum atomic E-state index is -0.0736. The number of hydrogen-bond donors (Lipinski definition) is 1. The van der Waals surface area contributed by atoms with Crippen molar-refractivity contribution in [2.24, 2.45) is 0 Å². The molecule has 3 aromatic rings. The maximum atomic E-state index is 12.1. The van der Waals surface area contributed by atoms with Gasteiger partial charge in [0.05, 0.1) is 23.4 Å². The van der Waals surface area contributed by atoms with Gasteiger partial charge in [-0.25, -0.2) is 4.98 Å². The highest BCUT2D eigenvalue weighted by molar-refractivity contribution is 7.22. The molecule has 2 aromatic carbocycles. The maximum Gasteiger partial charge on any atom is 0.226 e. The molecule has 0 atom stereocenters. The number of hydrogen-bond acceptors (Lipinski definition) is 5. The average Bonchev–Trinajstić information content (AvgIpc) is 3.02. The summed E-state index contributed by atoms with van der Waals surface area (Å²) >= 11 is 7.37. The molecule has 0 saturated carbocycles. The number of benzene rings is 2. The third-order valence-electron chi connectivity index (χ3n) is 3.86. The number of halogens is 1. The third kappa shape index (κ3) is 5.34. The van der Waals surface area contributed by atoms with E-state index >= 15 is 0 Å². The van der Waals surface area contributed by atoms with Crippen LogP contribution in [0.25, 0.3) is 10.2 Å². The number of ether oxygens (including phenoxy) is 2. The van der Waals surface area contributed by atoms with E-state index in [1.165, 1.54) is 11.3 Å². The van der Waals surface area contributed by atoms with Crippen molar-refractivity contribution in [3.8, 4) is 11.5 Å². The molecule has 0 radical (unpaired) electrons. The van der Waals surface area contributed by atoms with Crippen LogP contribution in [-0.2, 0) is 4.79 Å². The summed E-state index contributed by atoms with van der Waals surface area (Å²) in [5, 5.41) is 4.13. The fourth-order valence-electron chi connectivity index (χ4n) is 2.59. The highest BCUT2D eigenvalue weighted by atomic mass is 35.5. The van der Waals surface area contributed by atoms with Gasteiger partial charge in [-0.15, -0.1) is 0 Å². The van der Waals surface area contributed by atoms with Crippen molar-refractivity contribution in [2.45, 2.75) is 26.7 Å². The van der Waals surface area contributed by atoms with Crippen LogP contribution in [0.1, 0.15) is 25.3 Å². The maximum absolute atomic E-state index is 12.1. The van der Waals surface area contributed by atoms with Gasteiger partial charge < -0.3 is 14.8 Å². The predicted octanol–water partition coefficient (Wildman–Crippen LogP) is 5.45. The number of aryl methyl sites for hydroxylation is 1. The molecule has 1 amide bonds. The molecule has 0 spiro atoms. The summed E-state index contributed by atoms with van der Waals surface area (Å²) < 4.78 is 12.2. The smallest absolute Gasteiger partial charge is 0.226 e. The number of rotatable bonds is 8. The molecule has 27 heavy (non-hydrogen) atoms. The molecule has 0 saturated heterocycles. The van der Waals surface area contributed by atoms with Crippen molar-refractivity contribution in [1.82, 2.24) is 4.98 Å². The first kappa shape index (κ1) is 19.5. The average molecular weight is 405 g/mol. The predicted molar refractivity (Wildman–Crippen MR) is 110 cm³/mol. The van der Waals surface area contributed by atoms with E-state index in [4.69, 9.17) is 21.1 Å². The molecule has 1 heterocycles. The molecule has 142 valence electrons. The zero-order valence-corrected chi connectivity index (χ0v) is 16.8. The van der Waals surface area contributed by atoms with E-state index in [9.17, 15) is 4.79 Å². The number of nitrogens with zero attached hydrogens (tertiary/aromatic N) is 1. The van der Waals surface area contributed by atoms with Crippen molar-refractivity contribution in [2.75, 3.05) is 18.5 Å². The largest absolute Gasteiger partial charge is 0.494 e. The Balaban J connectivity index is 1.48. The second-order valence-electron chi connectivity index (χ2n) is 5.99. The van der Waals surface area contributed by atoms with Crippen LogP contribution in [-0.4, -0.2) is 24.1 Å². The van der Waals surface area contributed by atoms with E-state index < -0.39 is 0 Å². The molecule has 3 rings (SSSR count). The highest BCUT2D eigenvalue weighted by Crippen LogP contribution is 2.29. The molecule has 7 heteroatoms. The van der Waals surface area contributed by atoms with Gasteiger partial charge in [0, 0.05) is 11.4 Å². The van der Waals surface area contributed by atoms with E-state index in [0.29, 0.717) is 36.2 Å². The monoisotopic (exact) mass is 404 g/mol. The van der Waals surface area contributed by atoms with Gasteiger partial charge in [-0.3, -0.25) is 4.79 Å². The molecule has 0 bridgehead atoms. The Labute approximate surface area is 167 Å². The van der Waals surface area contributed by atoms with Crippen LogP contribution in [0.15, 0.2) is 36.4 Å². The summed E-state index contributed by atoms with van der Waals surface area (Å²) in [4.78, 5) is 16.6. The second kappa shape index (κ2) is 9.06. The van der Waals surface area contributed by atoms with Gasteiger partial charge >= 0.3 is 0 Å². The summed E-state index contributed by atoms with van der Waals surface area (Å²) in [6.45, 7) is 4.97. The third-order valence-corrected chi connectivity index (χ3v) is 5.03. The number of carbonyl (C=O) groups is 1. The van der Waals surface area contributed by atoms with E-state index in [1.54, 1.807) is 6.07 Å². The van der Waals surface area contributed by atoms with Crippen molar-refractivity contribution in [3.05, 3.63) is 47.0 Å². The Morgan fingerprint density at radius 1 is 1.22 bits per heavy atom. The van der Waals surface area contributed by atoms with Crippen LogP contribution in [0.3, 0.4) is 0 Å². The van der Waals surface area contributed by atoms with Crippen molar-refractivity contribution in [1.29, 1.82) is 0 Å². The SMILES string of the molecule is CCOc1ccc2nc(NC(=O)CCCOc3ccc(Cl)cc3C)sc2c1. The first-order chi connectivity index (χ1) is 13.0. The first-order valence-electron chi connectivity index (χ1n) is 8.77. The fraction of sp³-hybridized carbons (Fsp3) is 0.300. The quantitative estimate of drug-likeness (QED) is 0.507. The van der Waals surface area contributed by atoms with E-state index in [-0.39, 0.29) is 5.91 Å². The zero-order chi connectivity index (χ0) is 19.2. The lowest BCUT2D eigenvalue weighted by Gasteiger charge is -2.09. The van der Waals surface area contributed by atoms with Crippen molar-refractivity contribution in [3.63, 3.8) is 0 Å². The molecule has 0 aliphatic carbocycles. The molecular weight excluding hydrogens is 384 g/mol. The van der Waals surface area contributed by atoms with Crippen LogP contribution in [0, 0.1) is 6.92 Å². The Morgan fingerprint density at radius 3 is 2.85 bits per heavy atom. The van der Waals surface area contributed by atoms with Gasteiger partial charge in [-0.05, 0) is 62.2 Å². The minimum Gasteiger partial charge on any atom is -0.494 e. The normalized spacial score (nSPS) is 10.8. The Hall–Kier alpha value is -2.31. The van der Waals surface area contributed by atoms with Gasteiger partial charge in [0.15, 0.2) is 5.13 Å². The van der Waals surface area contributed by atoms with Gasteiger partial charge in [-0.1, -0.05) is 22.9 Å². The van der Waals surface area contributed by atoms with Gasteiger partial charge in [0.2, 0.25) is 5.91 Å². The molecule has 1 N–H and O–H groups in total. The molecule has 1 aromatic heterocycles. The zero-order valence-electron chi connectivity index (χ0n) is 15.3. The standard InChI is InChI=1S/C20H21ClN2O3S/c1-3-25-15-7-8-16-18(12-15)27-20(22-16)23-19(24)5-4-10-26-17-9-6-14(21)11-13(17)2/h6-9,11-12H,3-5,10H2,1-2H3,(H,22,23,24). The highest BCUT2D eigenvalue weighted by Gasteiger charge is 2.09. The first-order valence-corrected chi connectivity index (χ1v) is 9.97. The minimum absolute atomic E-state index is 0.0736. The topological polar surface area (TPSA) is 60.5 Å². The van der Waals surface area contributed by atoms with E-state index in [2.05, 4.69) is 10.3 Å².